The van der Waals surface area contributed by atoms with Crippen molar-refractivity contribution >= 4 is 23.9 Å². The van der Waals surface area contributed by atoms with E-state index in [-0.39, 0.29) is 0 Å². The van der Waals surface area contributed by atoms with Crippen molar-refractivity contribution in [2.75, 3.05) is 0 Å². The van der Waals surface area contributed by atoms with E-state index in [2.05, 4.69) is 5.10 Å². The van der Waals surface area contributed by atoms with Gasteiger partial charge in [-0.2, -0.15) is 5.10 Å². The molecule has 10 nitrogen and oxygen atoms in total. The van der Waals surface area contributed by atoms with Crippen LogP contribution < -0.4 is 0 Å². The van der Waals surface area contributed by atoms with Gasteiger partial charge in [-0.05, 0) is 6.07 Å². The van der Waals surface area contributed by atoms with E-state index < -0.39 is 47.1 Å². The molecule has 1 aromatic heterocycles. The van der Waals surface area contributed by atoms with E-state index in [1.807, 2.05) is 5.10 Å². The first-order valence-corrected chi connectivity index (χ1v) is 4.72. The third kappa shape index (κ3) is 2.86. The minimum absolute atomic E-state index is 0.414. The molecule has 0 radical (unpaired) electrons. The number of hydrogen-bond donors (Lipinski definition) is 5. The number of aromatic amines is 1. The number of nitrogens with one attached hydrogen (secondary N) is 1. The number of carboxylic acid groups (broad SMARTS) is 4. The van der Waals surface area contributed by atoms with Crippen LogP contribution in [0.5, 0.6) is 0 Å². The Morgan fingerprint density at radius 2 is 1.32 bits per heavy atom. The van der Waals surface area contributed by atoms with E-state index in [4.69, 9.17) is 20.4 Å². The van der Waals surface area contributed by atoms with Crippen LogP contribution in [0.25, 0.3) is 0 Å². The van der Waals surface area contributed by atoms with Gasteiger partial charge >= 0.3 is 23.9 Å². The molecular formula is C9H8N2O8. The Morgan fingerprint density at radius 1 is 0.895 bits per heavy atom. The topological polar surface area (TPSA) is 178 Å². The van der Waals surface area contributed by atoms with Gasteiger partial charge in [-0.25, -0.2) is 0 Å². The van der Waals surface area contributed by atoms with Crippen molar-refractivity contribution < 1.29 is 39.6 Å². The van der Waals surface area contributed by atoms with Crippen LogP contribution in [0.2, 0.25) is 0 Å². The van der Waals surface area contributed by atoms with Crippen molar-refractivity contribution in [3.63, 3.8) is 0 Å². The van der Waals surface area contributed by atoms with Gasteiger partial charge in [0.15, 0.2) is 11.8 Å². The molecule has 0 unspecified atom stereocenters. The molecule has 0 atom stereocenters. The van der Waals surface area contributed by atoms with E-state index in [1.54, 1.807) is 0 Å². The summed E-state index contributed by atoms with van der Waals surface area (Å²) in [4.78, 5) is 42.9. The van der Waals surface area contributed by atoms with Gasteiger partial charge in [-0.1, -0.05) is 0 Å². The molecule has 0 spiro atoms. The molecule has 5 N–H and O–H groups in total. The van der Waals surface area contributed by atoms with Crippen molar-refractivity contribution in [2.45, 2.75) is 11.8 Å². The van der Waals surface area contributed by atoms with Crippen molar-refractivity contribution in [2.24, 2.45) is 0 Å². The highest BCUT2D eigenvalue weighted by atomic mass is 16.4. The molecule has 0 aliphatic heterocycles. The number of aromatic nitrogens is 2. The van der Waals surface area contributed by atoms with Gasteiger partial charge < -0.3 is 20.4 Å². The zero-order chi connectivity index (χ0) is 14.7. The van der Waals surface area contributed by atoms with E-state index in [0.717, 1.165) is 6.07 Å². The standard InChI is InChI=1S/C9H8N2O8/c12-6(13)4(7(14)15)2-1-3(11-10-2)5(8(16)17)9(18)19/h1,4-5H,(H,10,11)(H,12,13)(H,14,15)(H,16,17)(H,18,19). The normalized spacial score (nSPS) is 10.6. The maximum atomic E-state index is 10.7. The summed E-state index contributed by atoms with van der Waals surface area (Å²) in [5.41, 5.74) is -0.898. The number of carboxylic acids is 4. The largest absolute Gasteiger partial charge is 0.480 e. The minimum Gasteiger partial charge on any atom is -0.480 e. The lowest BCUT2D eigenvalue weighted by Gasteiger charge is -2.03. The Morgan fingerprint density at radius 3 is 1.68 bits per heavy atom. The Bertz CT molecular complexity index is 474. The average Bonchev–Trinajstić information content (AvgIpc) is 2.64. The number of hydrogen-bond acceptors (Lipinski definition) is 5. The molecule has 19 heavy (non-hydrogen) atoms. The van der Waals surface area contributed by atoms with Gasteiger partial charge in [0, 0.05) is 0 Å². The molecule has 102 valence electrons. The number of H-pyrrole nitrogens is 1. The predicted molar refractivity (Wildman–Crippen MR) is 54.6 cm³/mol. The van der Waals surface area contributed by atoms with Crippen LogP contribution in [-0.4, -0.2) is 54.5 Å². The molecule has 0 saturated heterocycles. The average molecular weight is 272 g/mol. The number of nitrogens with zero attached hydrogens (tertiary/aromatic N) is 1. The van der Waals surface area contributed by atoms with Crippen LogP contribution in [0.4, 0.5) is 0 Å². The van der Waals surface area contributed by atoms with Gasteiger partial charge in [0.25, 0.3) is 0 Å². The predicted octanol–water partition coefficient (Wildman–Crippen LogP) is -1.08. The molecular weight excluding hydrogens is 264 g/mol. The second-order valence-corrected chi connectivity index (χ2v) is 3.47. The Labute approximate surface area is 104 Å². The summed E-state index contributed by atoms with van der Waals surface area (Å²) in [6.45, 7) is 0. The molecule has 0 bridgehead atoms. The van der Waals surface area contributed by atoms with Crippen LogP contribution in [-0.2, 0) is 19.2 Å². The molecule has 1 rings (SSSR count). The summed E-state index contributed by atoms with van der Waals surface area (Å²) in [6.07, 6.45) is 0. The van der Waals surface area contributed by atoms with Gasteiger partial charge in [0.1, 0.15) is 0 Å². The maximum Gasteiger partial charge on any atom is 0.324 e. The van der Waals surface area contributed by atoms with Crippen molar-refractivity contribution in [3.8, 4) is 0 Å². The minimum atomic E-state index is -2.01. The lowest BCUT2D eigenvalue weighted by molar-refractivity contribution is -0.152. The number of aliphatic carboxylic acids is 4. The fraction of sp³-hybridized carbons (Fsp3) is 0.222. The molecule has 0 aromatic carbocycles. The summed E-state index contributed by atoms with van der Waals surface area (Å²) in [6, 6.07) is 0.791. The first-order valence-electron chi connectivity index (χ1n) is 4.72. The van der Waals surface area contributed by atoms with E-state index in [1.165, 1.54) is 0 Å². The first-order chi connectivity index (χ1) is 8.75. The molecule has 0 amide bonds. The van der Waals surface area contributed by atoms with Crippen molar-refractivity contribution in [3.05, 3.63) is 17.5 Å². The van der Waals surface area contributed by atoms with Crippen LogP contribution in [0, 0.1) is 0 Å². The smallest absolute Gasteiger partial charge is 0.324 e. The summed E-state index contributed by atoms with van der Waals surface area (Å²) < 4.78 is 0. The third-order valence-corrected chi connectivity index (χ3v) is 2.21. The lowest BCUT2D eigenvalue weighted by atomic mass is 10.0. The van der Waals surface area contributed by atoms with E-state index in [9.17, 15) is 19.2 Å². The van der Waals surface area contributed by atoms with Gasteiger partial charge in [0.2, 0.25) is 0 Å². The van der Waals surface area contributed by atoms with E-state index >= 15 is 0 Å². The molecule has 0 fully saturated rings. The number of carbonyl (C=O) groups is 4. The van der Waals surface area contributed by atoms with Crippen LogP contribution >= 0.6 is 0 Å². The molecule has 1 heterocycles. The number of rotatable bonds is 6. The fourth-order valence-electron chi connectivity index (χ4n) is 1.38. The summed E-state index contributed by atoms with van der Waals surface area (Å²) in [5, 5.41) is 40.1. The molecule has 10 heteroatoms. The highest BCUT2D eigenvalue weighted by Gasteiger charge is 2.34. The van der Waals surface area contributed by atoms with Crippen molar-refractivity contribution in [1.29, 1.82) is 0 Å². The second kappa shape index (κ2) is 5.16. The van der Waals surface area contributed by atoms with Crippen LogP contribution in [0.1, 0.15) is 23.2 Å². The highest BCUT2D eigenvalue weighted by Crippen LogP contribution is 2.20. The van der Waals surface area contributed by atoms with Gasteiger partial charge in [-0.15, -0.1) is 0 Å². The zero-order valence-corrected chi connectivity index (χ0v) is 9.10. The monoisotopic (exact) mass is 272 g/mol. The van der Waals surface area contributed by atoms with E-state index in [0.29, 0.717) is 0 Å². The summed E-state index contributed by atoms with van der Waals surface area (Å²) in [5.74, 6) is -10.8. The second-order valence-electron chi connectivity index (χ2n) is 3.47. The van der Waals surface area contributed by atoms with Gasteiger partial charge in [0.05, 0.1) is 11.4 Å². The molecule has 0 aliphatic rings. The highest BCUT2D eigenvalue weighted by molar-refractivity contribution is 6.00. The maximum absolute atomic E-state index is 10.7. The fourth-order valence-corrected chi connectivity index (χ4v) is 1.38. The Balaban J connectivity index is 3.18. The first kappa shape index (κ1) is 14.2. The molecule has 0 saturated carbocycles. The quantitative estimate of drug-likeness (QED) is 0.402. The lowest BCUT2D eigenvalue weighted by Crippen LogP contribution is -2.22. The summed E-state index contributed by atoms with van der Waals surface area (Å²) in [7, 11) is 0. The zero-order valence-electron chi connectivity index (χ0n) is 9.10. The SMILES string of the molecule is O=C(O)C(C(=O)O)c1cc(C(C(=O)O)C(=O)O)[nH]n1. The van der Waals surface area contributed by atoms with Crippen LogP contribution in [0.3, 0.4) is 0 Å². The third-order valence-electron chi connectivity index (χ3n) is 2.21. The van der Waals surface area contributed by atoms with Gasteiger partial charge in [-0.3, -0.25) is 24.3 Å². The van der Waals surface area contributed by atoms with Crippen LogP contribution in [0.15, 0.2) is 6.07 Å². The molecule has 0 aliphatic carbocycles. The summed E-state index contributed by atoms with van der Waals surface area (Å²) >= 11 is 0. The Kier molecular flexibility index (Phi) is 3.85. The Hall–Kier alpha value is -2.91. The molecule has 1 aromatic rings. The van der Waals surface area contributed by atoms with Crippen molar-refractivity contribution in [1.82, 2.24) is 10.2 Å².